The molecule has 2 aromatic carbocycles. The standard InChI is InChI=1S/C24H32N2O4S/c1-24(2,3)21-10-12-22(13-11-21)30-17-14-25-23(27)20-8-6-19(7-9-20)18-31(28,29)26-15-4-5-16-26/h6-13H,4-5,14-18H2,1-3H3,(H,25,27). The second-order valence-electron chi connectivity index (χ2n) is 8.94. The maximum absolute atomic E-state index is 12.4. The number of nitrogens with zero attached hydrogens (tertiary/aromatic N) is 1. The van der Waals surface area contributed by atoms with E-state index in [-0.39, 0.29) is 17.1 Å². The van der Waals surface area contributed by atoms with Gasteiger partial charge in [0.1, 0.15) is 12.4 Å². The Hall–Kier alpha value is -2.38. The number of rotatable bonds is 8. The Kier molecular flexibility index (Phi) is 7.38. The van der Waals surface area contributed by atoms with Crippen molar-refractivity contribution in [3.8, 4) is 5.75 Å². The average molecular weight is 445 g/mol. The first-order valence-corrected chi connectivity index (χ1v) is 12.3. The molecular formula is C24H32N2O4S. The van der Waals surface area contributed by atoms with E-state index in [4.69, 9.17) is 4.74 Å². The van der Waals surface area contributed by atoms with Crippen LogP contribution < -0.4 is 10.1 Å². The van der Waals surface area contributed by atoms with Crippen molar-refractivity contribution in [2.75, 3.05) is 26.2 Å². The Labute approximate surface area is 185 Å². The fourth-order valence-corrected chi connectivity index (χ4v) is 5.12. The van der Waals surface area contributed by atoms with Crippen LogP contribution in [0.1, 0.15) is 55.1 Å². The summed E-state index contributed by atoms with van der Waals surface area (Å²) >= 11 is 0. The van der Waals surface area contributed by atoms with Crippen LogP contribution >= 0.6 is 0 Å². The minimum Gasteiger partial charge on any atom is -0.492 e. The lowest BCUT2D eigenvalue weighted by molar-refractivity contribution is 0.0947. The van der Waals surface area contributed by atoms with Crippen LogP contribution in [0.15, 0.2) is 48.5 Å². The highest BCUT2D eigenvalue weighted by molar-refractivity contribution is 7.88. The smallest absolute Gasteiger partial charge is 0.251 e. The fourth-order valence-electron chi connectivity index (χ4n) is 3.51. The van der Waals surface area contributed by atoms with E-state index in [2.05, 4.69) is 38.2 Å². The van der Waals surface area contributed by atoms with Gasteiger partial charge in [-0.2, -0.15) is 0 Å². The Morgan fingerprint density at radius 3 is 2.19 bits per heavy atom. The van der Waals surface area contributed by atoms with Crippen molar-refractivity contribution in [3.63, 3.8) is 0 Å². The van der Waals surface area contributed by atoms with Gasteiger partial charge < -0.3 is 10.1 Å². The van der Waals surface area contributed by atoms with Crippen LogP contribution in [-0.2, 0) is 21.2 Å². The molecule has 0 spiro atoms. The number of sulfonamides is 1. The molecule has 1 saturated heterocycles. The van der Waals surface area contributed by atoms with E-state index in [1.54, 1.807) is 28.6 Å². The summed E-state index contributed by atoms with van der Waals surface area (Å²) in [5, 5.41) is 2.83. The van der Waals surface area contributed by atoms with Gasteiger partial charge >= 0.3 is 0 Å². The third kappa shape index (κ3) is 6.55. The molecule has 3 rings (SSSR count). The first-order valence-electron chi connectivity index (χ1n) is 10.7. The lowest BCUT2D eigenvalue weighted by Gasteiger charge is -2.19. The van der Waals surface area contributed by atoms with Crippen LogP contribution in [0.5, 0.6) is 5.75 Å². The number of carbonyl (C=O) groups excluding carboxylic acids is 1. The van der Waals surface area contributed by atoms with Gasteiger partial charge in [-0.25, -0.2) is 12.7 Å². The van der Waals surface area contributed by atoms with Gasteiger partial charge in [-0.05, 0) is 53.6 Å². The van der Waals surface area contributed by atoms with E-state index < -0.39 is 10.0 Å². The second-order valence-corrected chi connectivity index (χ2v) is 10.9. The summed E-state index contributed by atoms with van der Waals surface area (Å²) in [6.07, 6.45) is 1.84. The second kappa shape index (κ2) is 9.83. The zero-order valence-electron chi connectivity index (χ0n) is 18.6. The third-order valence-corrected chi connectivity index (χ3v) is 7.25. The molecule has 0 radical (unpaired) electrons. The minimum atomic E-state index is -3.28. The zero-order valence-corrected chi connectivity index (χ0v) is 19.4. The summed E-state index contributed by atoms with van der Waals surface area (Å²) in [7, 11) is -3.28. The lowest BCUT2D eigenvalue weighted by Crippen LogP contribution is -2.29. The van der Waals surface area contributed by atoms with Gasteiger partial charge in [0.2, 0.25) is 10.0 Å². The van der Waals surface area contributed by atoms with Crippen molar-refractivity contribution in [3.05, 3.63) is 65.2 Å². The summed E-state index contributed by atoms with van der Waals surface area (Å²) in [6.45, 7) is 8.45. The maximum atomic E-state index is 12.4. The molecule has 0 atom stereocenters. The number of amides is 1. The van der Waals surface area contributed by atoms with Crippen molar-refractivity contribution >= 4 is 15.9 Å². The van der Waals surface area contributed by atoms with Crippen LogP contribution in [0.4, 0.5) is 0 Å². The topological polar surface area (TPSA) is 75.7 Å². The van der Waals surface area contributed by atoms with Crippen molar-refractivity contribution in [2.45, 2.75) is 44.8 Å². The zero-order chi connectivity index (χ0) is 22.5. The highest BCUT2D eigenvalue weighted by Gasteiger charge is 2.25. The maximum Gasteiger partial charge on any atom is 0.251 e. The molecule has 7 heteroatoms. The summed E-state index contributed by atoms with van der Waals surface area (Å²) in [5.41, 5.74) is 2.52. The number of benzene rings is 2. The van der Waals surface area contributed by atoms with Crippen molar-refractivity contribution in [1.29, 1.82) is 0 Å². The quantitative estimate of drug-likeness (QED) is 0.630. The fraction of sp³-hybridized carbons (Fsp3) is 0.458. The summed E-state index contributed by atoms with van der Waals surface area (Å²) in [5.74, 6) is 0.531. The molecule has 1 N–H and O–H groups in total. The monoisotopic (exact) mass is 444 g/mol. The SMILES string of the molecule is CC(C)(C)c1ccc(OCCNC(=O)c2ccc(CS(=O)(=O)N3CCCC3)cc2)cc1. The van der Waals surface area contributed by atoms with Crippen molar-refractivity contribution in [2.24, 2.45) is 0 Å². The van der Waals surface area contributed by atoms with Crippen LogP contribution in [0.25, 0.3) is 0 Å². The van der Waals surface area contributed by atoms with Gasteiger partial charge in [-0.3, -0.25) is 4.79 Å². The number of ether oxygens (including phenoxy) is 1. The van der Waals surface area contributed by atoms with Gasteiger partial charge in [-0.1, -0.05) is 45.0 Å². The van der Waals surface area contributed by atoms with E-state index in [0.29, 0.717) is 37.4 Å². The van der Waals surface area contributed by atoms with Gasteiger partial charge in [0.05, 0.1) is 12.3 Å². The molecule has 1 amide bonds. The van der Waals surface area contributed by atoms with Crippen LogP contribution in [0.2, 0.25) is 0 Å². The Bertz CT molecular complexity index is 972. The summed E-state index contributed by atoms with van der Waals surface area (Å²) < 4.78 is 32.1. The Morgan fingerprint density at radius 1 is 1.00 bits per heavy atom. The molecule has 1 aliphatic heterocycles. The highest BCUT2D eigenvalue weighted by atomic mass is 32.2. The number of hydrogen-bond donors (Lipinski definition) is 1. The summed E-state index contributed by atoms with van der Waals surface area (Å²) in [6, 6.07) is 14.7. The van der Waals surface area contributed by atoms with Gasteiger partial charge in [0.25, 0.3) is 5.91 Å². The first kappa shape index (κ1) is 23.3. The van der Waals surface area contributed by atoms with Crippen molar-refractivity contribution in [1.82, 2.24) is 9.62 Å². The average Bonchev–Trinajstić information content (AvgIpc) is 3.27. The van der Waals surface area contributed by atoms with Gasteiger partial charge in [-0.15, -0.1) is 0 Å². The Balaban J connectivity index is 1.44. The predicted molar refractivity (Wildman–Crippen MR) is 123 cm³/mol. The van der Waals surface area contributed by atoms with E-state index >= 15 is 0 Å². The molecule has 0 aliphatic carbocycles. The molecule has 1 fully saturated rings. The molecule has 0 aromatic heterocycles. The van der Waals surface area contributed by atoms with Crippen molar-refractivity contribution < 1.29 is 17.9 Å². The normalized spacial score (nSPS) is 15.1. The Morgan fingerprint density at radius 2 is 1.61 bits per heavy atom. The molecule has 1 heterocycles. The molecule has 0 unspecified atom stereocenters. The van der Waals surface area contributed by atoms with Crippen LogP contribution in [0.3, 0.4) is 0 Å². The number of carbonyl (C=O) groups is 1. The van der Waals surface area contributed by atoms with Gasteiger partial charge in [0.15, 0.2) is 0 Å². The highest BCUT2D eigenvalue weighted by Crippen LogP contribution is 2.24. The largest absolute Gasteiger partial charge is 0.492 e. The molecule has 0 saturated carbocycles. The predicted octanol–water partition coefficient (Wildman–Crippen LogP) is 3.72. The minimum absolute atomic E-state index is 0.0310. The van der Waals surface area contributed by atoms with Crippen LogP contribution in [-0.4, -0.2) is 44.9 Å². The lowest BCUT2D eigenvalue weighted by atomic mass is 9.87. The molecule has 168 valence electrons. The number of nitrogens with one attached hydrogen (secondary N) is 1. The first-order chi connectivity index (χ1) is 14.6. The van der Waals surface area contributed by atoms with E-state index in [1.807, 2.05) is 12.1 Å². The van der Waals surface area contributed by atoms with Gasteiger partial charge in [0, 0.05) is 18.7 Å². The van der Waals surface area contributed by atoms with E-state index in [1.165, 1.54) is 5.56 Å². The number of hydrogen-bond acceptors (Lipinski definition) is 4. The molecule has 1 aliphatic rings. The third-order valence-electron chi connectivity index (χ3n) is 5.40. The molecule has 6 nitrogen and oxygen atoms in total. The molecule has 31 heavy (non-hydrogen) atoms. The molecular weight excluding hydrogens is 412 g/mol. The van der Waals surface area contributed by atoms with E-state index in [9.17, 15) is 13.2 Å². The molecule has 2 aromatic rings. The summed E-state index contributed by atoms with van der Waals surface area (Å²) in [4.78, 5) is 12.3. The molecule has 0 bridgehead atoms. The van der Waals surface area contributed by atoms with E-state index in [0.717, 1.165) is 18.6 Å². The van der Waals surface area contributed by atoms with Crippen LogP contribution in [0, 0.1) is 0 Å².